The van der Waals surface area contributed by atoms with Gasteiger partial charge in [-0.3, -0.25) is 4.90 Å². The maximum atomic E-state index is 15.0. The number of fused-ring (bicyclic) bond motifs is 3. The van der Waals surface area contributed by atoms with Crippen molar-refractivity contribution in [3.05, 3.63) is 66.1 Å². The monoisotopic (exact) mass is 474 g/mol. The number of aliphatic hydroxyl groups excluding tert-OH is 1. The average molecular weight is 474 g/mol. The molecule has 0 spiro atoms. The minimum absolute atomic E-state index is 0.106. The first-order valence-electron chi connectivity index (χ1n) is 11.0. The van der Waals surface area contributed by atoms with Gasteiger partial charge < -0.3 is 10.4 Å². The fourth-order valence-corrected chi connectivity index (χ4v) is 5.01. The molecule has 7 nitrogen and oxygen atoms in total. The highest BCUT2D eigenvalue weighted by atomic mass is 19.4. The number of rotatable bonds is 5. The fraction of sp³-hybridized carbons (Fsp3) is 0.391. The van der Waals surface area contributed by atoms with Crippen LogP contribution in [-0.2, 0) is 6.18 Å². The van der Waals surface area contributed by atoms with Gasteiger partial charge in [0.25, 0.3) is 0 Å². The minimum Gasteiger partial charge on any atom is -0.374 e. The number of aromatic nitrogens is 4. The Bertz CT molecular complexity index is 1140. The summed E-state index contributed by atoms with van der Waals surface area (Å²) in [7, 11) is 0. The van der Waals surface area contributed by atoms with E-state index in [2.05, 4.69) is 25.3 Å². The molecule has 4 unspecified atom stereocenters. The van der Waals surface area contributed by atoms with E-state index in [-0.39, 0.29) is 29.4 Å². The number of hydrogen-bond acceptors (Lipinski definition) is 7. The largest absolute Gasteiger partial charge is 0.434 e. The number of benzene rings is 1. The Labute approximate surface area is 192 Å². The summed E-state index contributed by atoms with van der Waals surface area (Å²) in [5.41, 5.74) is -0.544. The van der Waals surface area contributed by atoms with Gasteiger partial charge in [-0.05, 0) is 37.3 Å². The second-order valence-electron chi connectivity index (χ2n) is 8.63. The first-order valence-corrected chi connectivity index (χ1v) is 11.0. The molecule has 1 aromatic carbocycles. The van der Waals surface area contributed by atoms with Gasteiger partial charge in [-0.2, -0.15) is 13.2 Å². The van der Waals surface area contributed by atoms with E-state index >= 15 is 0 Å². The first kappa shape index (κ1) is 22.6. The molecule has 4 atom stereocenters. The molecular formula is C23H22F4N6O. The molecule has 6 rings (SSSR count). The highest BCUT2D eigenvalue weighted by Crippen LogP contribution is 2.42. The Morgan fingerprint density at radius 2 is 1.82 bits per heavy atom. The second kappa shape index (κ2) is 8.88. The second-order valence-corrected chi connectivity index (χ2v) is 8.63. The topological polar surface area (TPSA) is 87.1 Å². The quantitative estimate of drug-likeness (QED) is 0.540. The molecule has 11 heteroatoms. The summed E-state index contributed by atoms with van der Waals surface area (Å²) < 4.78 is 53.4. The zero-order valence-corrected chi connectivity index (χ0v) is 18.0. The average Bonchev–Trinajstić information content (AvgIpc) is 2.84. The summed E-state index contributed by atoms with van der Waals surface area (Å²) in [5.74, 6) is 0.219. The Kier molecular flexibility index (Phi) is 5.90. The van der Waals surface area contributed by atoms with Crippen LogP contribution in [0, 0.1) is 11.7 Å². The van der Waals surface area contributed by atoms with Crippen molar-refractivity contribution in [3.63, 3.8) is 0 Å². The molecule has 1 saturated carbocycles. The third-order valence-electron chi connectivity index (χ3n) is 6.52. The highest BCUT2D eigenvalue weighted by molar-refractivity contribution is 5.61. The van der Waals surface area contributed by atoms with Crippen LogP contribution in [0.5, 0.6) is 0 Å². The molecule has 2 bridgehead atoms. The van der Waals surface area contributed by atoms with Crippen LogP contribution in [0.15, 0.2) is 49.1 Å². The van der Waals surface area contributed by atoms with Crippen LogP contribution >= 0.6 is 0 Å². The summed E-state index contributed by atoms with van der Waals surface area (Å²) in [5, 5.41) is 14.5. The van der Waals surface area contributed by atoms with Crippen molar-refractivity contribution in [3.8, 4) is 11.4 Å². The van der Waals surface area contributed by atoms with E-state index in [1.165, 1.54) is 6.07 Å². The van der Waals surface area contributed by atoms with Gasteiger partial charge in [0.1, 0.15) is 17.9 Å². The van der Waals surface area contributed by atoms with E-state index < -0.39 is 23.9 Å². The molecule has 0 radical (unpaired) electrons. The zero-order valence-electron chi connectivity index (χ0n) is 18.0. The van der Waals surface area contributed by atoms with Crippen LogP contribution in [0.1, 0.15) is 36.7 Å². The number of hydrogen-bond donors (Lipinski definition) is 2. The van der Waals surface area contributed by atoms with Gasteiger partial charge in [-0.25, -0.2) is 24.3 Å². The molecule has 2 aromatic heterocycles. The van der Waals surface area contributed by atoms with Crippen LogP contribution in [-0.4, -0.2) is 48.6 Å². The van der Waals surface area contributed by atoms with Gasteiger partial charge in [-0.15, -0.1) is 0 Å². The number of halogens is 4. The predicted octanol–water partition coefficient (Wildman–Crippen LogP) is 4.05. The van der Waals surface area contributed by atoms with E-state index in [1.54, 1.807) is 30.6 Å². The van der Waals surface area contributed by atoms with Crippen LogP contribution < -0.4 is 5.32 Å². The molecule has 3 aromatic rings. The van der Waals surface area contributed by atoms with Gasteiger partial charge in [0, 0.05) is 42.1 Å². The molecule has 3 fully saturated rings. The van der Waals surface area contributed by atoms with Gasteiger partial charge >= 0.3 is 6.18 Å². The number of anilines is 1. The van der Waals surface area contributed by atoms with Crippen LogP contribution in [0.25, 0.3) is 11.4 Å². The Morgan fingerprint density at radius 1 is 1.03 bits per heavy atom. The van der Waals surface area contributed by atoms with E-state index in [0.29, 0.717) is 24.1 Å². The van der Waals surface area contributed by atoms with E-state index in [9.17, 15) is 22.7 Å². The molecule has 34 heavy (non-hydrogen) atoms. The van der Waals surface area contributed by atoms with E-state index in [4.69, 9.17) is 0 Å². The van der Waals surface area contributed by atoms with Crippen LogP contribution in [0.3, 0.4) is 0 Å². The van der Waals surface area contributed by atoms with Gasteiger partial charge in [0.05, 0.1) is 12.4 Å². The Balaban J connectivity index is 1.40. The molecule has 1 aliphatic carbocycles. The smallest absolute Gasteiger partial charge is 0.374 e. The summed E-state index contributed by atoms with van der Waals surface area (Å²) in [6, 6.07) is 5.81. The maximum absolute atomic E-state index is 15.0. The number of nitrogens with zero attached hydrogens (tertiary/aromatic N) is 5. The number of piperidine rings is 2. The third-order valence-corrected chi connectivity index (χ3v) is 6.52. The highest BCUT2D eigenvalue weighted by Gasteiger charge is 2.44. The number of alkyl halides is 3. The van der Waals surface area contributed by atoms with Crippen molar-refractivity contribution in [2.75, 3.05) is 11.9 Å². The van der Waals surface area contributed by atoms with Crippen LogP contribution in [0.4, 0.5) is 23.4 Å². The SMILES string of the molecule is OC(c1c(F)cccc1-c1ncccn1)N1CC2CCC1C(Nc1cnc(C(F)(F)F)cn1)C2. The lowest BCUT2D eigenvalue weighted by Gasteiger charge is -2.51. The van der Waals surface area contributed by atoms with Crippen molar-refractivity contribution in [1.29, 1.82) is 0 Å². The van der Waals surface area contributed by atoms with Crippen molar-refractivity contribution in [1.82, 2.24) is 24.8 Å². The molecule has 2 aliphatic heterocycles. The maximum Gasteiger partial charge on any atom is 0.434 e. The number of nitrogens with one attached hydrogen (secondary N) is 1. The molecule has 178 valence electrons. The Morgan fingerprint density at radius 3 is 2.50 bits per heavy atom. The van der Waals surface area contributed by atoms with Gasteiger partial charge in [-0.1, -0.05) is 12.1 Å². The summed E-state index contributed by atoms with van der Waals surface area (Å²) in [4.78, 5) is 17.6. The predicted molar refractivity (Wildman–Crippen MR) is 115 cm³/mol. The van der Waals surface area contributed by atoms with Gasteiger partial charge in [0.2, 0.25) is 0 Å². The normalized spacial score (nSPS) is 23.6. The molecule has 2 N–H and O–H groups in total. The molecule has 4 heterocycles. The molecule has 2 saturated heterocycles. The van der Waals surface area contributed by atoms with Crippen LogP contribution in [0.2, 0.25) is 0 Å². The van der Waals surface area contributed by atoms with Crippen molar-refractivity contribution < 1.29 is 22.7 Å². The van der Waals surface area contributed by atoms with Crippen molar-refractivity contribution in [2.45, 2.75) is 43.8 Å². The van der Waals surface area contributed by atoms with E-state index in [1.807, 2.05) is 4.90 Å². The van der Waals surface area contributed by atoms with Crippen molar-refractivity contribution >= 4 is 5.82 Å². The molecule has 3 aliphatic rings. The summed E-state index contributed by atoms with van der Waals surface area (Å²) in [6.07, 6.45) is 1.54. The summed E-state index contributed by atoms with van der Waals surface area (Å²) >= 11 is 0. The fourth-order valence-electron chi connectivity index (χ4n) is 5.01. The van der Waals surface area contributed by atoms with E-state index in [0.717, 1.165) is 25.5 Å². The zero-order chi connectivity index (χ0) is 23.9. The van der Waals surface area contributed by atoms with Crippen molar-refractivity contribution in [2.24, 2.45) is 5.92 Å². The number of aliphatic hydroxyl groups is 1. The lowest BCUT2D eigenvalue weighted by atomic mass is 9.76. The lowest BCUT2D eigenvalue weighted by Crippen LogP contribution is -2.59. The molecule has 0 amide bonds. The minimum atomic E-state index is -4.56. The first-order chi connectivity index (χ1) is 16.3. The summed E-state index contributed by atoms with van der Waals surface area (Å²) in [6.45, 7) is 0.576. The Hall–Kier alpha value is -3.18. The lowest BCUT2D eigenvalue weighted by molar-refractivity contribution is -0.141. The third kappa shape index (κ3) is 4.32. The molecular weight excluding hydrogens is 452 g/mol. The van der Waals surface area contributed by atoms with Gasteiger partial charge in [0.15, 0.2) is 11.5 Å². The standard InChI is InChI=1S/C23H22F4N6O/c24-15-4-1-3-14(21-28-7-2-8-29-21)20(15)22(34)33-12-13-5-6-17(33)16(9-13)32-19-11-30-18(10-31-19)23(25,26)27/h1-4,7-8,10-11,13,16-17,22,34H,5-6,9,12H2,(H,31,32).